The van der Waals surface area contributed by atoms with Crippen LogP contribution < -0.4 is 9.50 Å². The van der Waals surface area contributed by atoms with Gasteiger partial charge in [0.2, 0.25) is 0 Å². The summed E-state index contributed by atoms with van der Waals surface area (Å²) in [7, 11) is -3.99. The van der Waals surface area contributed by atoms with E-state index in [9.17, 15) is 18.0 Å². The summed E-state index contributed by atoms with van der Waals surface area (Å²) < 4.78 is 31.8. The number of carboxylic acid groups (broad SMARTS) is 1. The van der Waals surface area contributed by atoms with E-state index in [1.807, 2.05) is 5.38 Å². The van der Waals surface area contributed by atoms with Crippen LogP contribution in [0.15, 0.2) is 71.0 Å². The molecule has 1 heterocycles. The molecule has 6 rings (SSSR count). The normalized spacial score (nSPS) is 23.6. The molecule has 0 spiro atoms. The van der Waals surface area contributed by atoms with Crippen LogP contribution in [0.2, 0.25) is 0 Å². The van der Waals surface area contributed by atoms with E-state index in [0.29, 0.717) is 35.1 Å². The first-order chi connectivity index (χ1) is 19.1. The number of carboxylic acids is 1. The molecule has 40 heavy (non-hydrogen) atoms. The standard InChI is InChI=1S/C31H35NO6S2/c1-31(2)21-16-20(10-6-3-4-9-13-28(33)34)29(26(31)17-21)32-30(35)25-19-39-27-15-14-22(18-24(25)27)38-40(36,37)23-11-7-5-8-12-23/h3,5-8,11-12,14-15,18-21,26,29H,4,9-10,13,16-17H2,1-2H3,(H,32,35)(H,33,34)/b6-3-/t20-,21-,26-,29?/m1/s1. The third-order valence-corrected chi connectivity index (χ3v) is 11.0. The van der Waals surface area contributed by atoms with E-state index >= 15 is 0 Å². The quantitative estimate of drug-likeness (QED) is 0.149. The van der Waals surface area contributed by atoms with Crippen molar-refractivity contribution >= 4 is 43.4 Å². The van der Waals surface area contributed by atoms with E-state index in [4.69, 9.17) is 9.29 Å². The number of hydrogen-bond donors (Lipinski definition) is 2. The molecule has 9 heteroatoms. The third kappa shape index (κ3) is 5.81. The number of rotatable bonds is 11. The predicted molar refractivity (Wildman–Crippen MR) is 156 cm³/mol. The first kappa shape index (κ1) is 28.4. The van der Waals surface area contributed by atoms with Crippen LogP contribution in [-0.4, -0.2) is 31.4 Å². The van der Waals surface area contributed by atoms with Crippen LogP contribution in [0.5, 0.6) is 5.75 Å². The number of benzene rings is 2. The first-order valence-electron chi connectivity index (χ1n) is 13.7. The Morgan fingerprint density at radius 3 is 2.62 bits per heavy atom. The molecule has 1 unspecified atom stereocenters. The zero-order valence-electron chi connectivity index (χ0n) is 22.7. The fraction of sp³-hybridized carbons (Fsp3) is 0.419. The molecule has 1 amide bonds. The Labute approximate surface area is 239 Å². The lowest BCUT2D eigenvalue weighted by Gasteiger charge is -2.62. The summed E-state index contributed by atoms with van der Waals surface area (Å²) in [6.45, 7) is 4.58. The Kier molecular flexibility index (Phi) is 8.06. The Morgan fingerprint density at radius 2 is 1.90 bits per heavy atom. The molecular formula is C31H35NO6S2. The van der Waals surface area contributed by atoms with Crippen molar-refractivity contribution in [2.45, 2.75) is 63.3 Å². The lowest BCUT2D eigenvalue weighted by Crippen LogP contribution is -2.63. The van der Waals surface area contributed by atoms with Gasteiger partial charge in [-0.3, -0.25) is 9.59 Å². The number of fused-ring (bicyclic) bond motifs is 3. The van der Waals surface area contributed by atoms with Gasteiger partial charge in [0.05, 0.1) is 5.56 Å². The number of hydrogen-bond acceptors (Lipinski definition) is 6. The van der Waals surface area contributed by atoms with Crippen molar-refractivity contribution < 1.29 is 27.3 Å². The number of unbranched alkanes of at least 4 members (excludes halogenated alkanes) is 1. The third-order valence-electron chi connectivity index (χ3n) is 8.77. The summed E-state index contributed by atoms with van der Waals surface area (Å²) in [4.78, 5) is 24.5. The summed E-state index contributed by atoms with van der Waals surface area (Å²) in [5.41, 5.74) is 0.688. The van der Waals surface area contributed by atoms with Gasteiger partial charge in [0.15, 0.2) is 0 Å². The topological polar surface area (TPSA) is 110 Å². The van der Waals surface area contributed by atoms with Crippen molar-refractivity contribution in [2.75, 3.05) is 0 Å². The average Bonchev–Trinajstić information content (AvgIpc) is 3.34. The van der Waals surface area contributed by atoms with E-state index in [1.165, 1.54) is 23.5 Å². The number of aliphatic carboxylic acids is 1. The van der Waals surface area contributed by atoms with Crippen LogP contribution in [0, 0.1) is 23.2 Å². The molecule has 3 fully saturated rings. The summed E-state index contributed by atoms with van der Waals surface area (Å²) in [6, 6.07) is 13.0. The average molecular weight is 582 g/mol. The summed E-state index contributed by atoms with van der Waals surface area (Å²) in [5, 5.41) is 14.7. The molecule has 7 nitrogen and oxygen atoms in total. The van der Waals surface area contributed by atoms with Gasteiger partial charge in [-0.15, -0.1) is 11.3 Å². The van der Waals surface area contributed by atoms with Gasteiger partial charge in [0, 0.05) is 27.9 Å². The molecule has 1 aromatic heterocycles. The molecule has 2 N–H and O–H groups in total. The molecule has 2 aromatic carbocycles. The molecule has 2 bridgehead atoms. The second-order valence-corrected chi connectivity index (χ2v) is 14.0. The molecule has 0 saturated heterocycles. The molecule has 3 saturated carbocycles. The van der Waals surface area contributed by atoms with E-state index in [1.54, 1.807) is 36.4 Å². The molecule has 3 aromatic rings. The minimum atomic E-state index is -3.99. The Morgan fingerprint density at radius 1 is 1.12 bits per heavy atom. The van der Waals surface area contributed by atoms with Crippen molar-refractivity contribution in [1.82, 2.24) is 5.32 Å². The minimum Gasteiger partial charge on any atom is -0.481 e. The lowest BCUT2D eigenvalue weighted by atomic mass is 9.44. The highest BCUT2D eigenvalue weighted by Crippen LogP contribution is 2.61. The summed E-state index contributed by atoms with van der Waals surface area (Å²) >= 11 is 1.44. The van der Waals surface area contributed by atoms with E-state index in [2.05, 4.69) is 31.3 Å². The number of thiophene rings is 1. The highest BCUT2D eigenvalue weighted by atomic mass is 32.2. The van der Waals surface area contributed by atoms with Crippen LogP contribution in [0.25, 0.3) is 10.1 Å². The predicted octanol–water partition coefficient (Wildman–Crippen LogP) is 6.65. The van der Waals surface area contributed by atoms with Gasteiger partial charge in [0.1, 0.15) is 10.6 Å². The molecule has 212 valence electrons. The number of carbonyl (C=O) groups is 2. The first-order valence-corrected chi connectivity index (χ1v) is 16.0. The van der Waals surface area contributed by atoms with Gasteiger partial charge >= 0.3 is 16.1 Å². The van der Waals surface area contributed by atoms with Gasteiger partial charge < -0.3 is 14.6 Å². The fourth-order valence-electron chi connectivity index (χ4n) is 6.35. The van der Waals surface area contributed by atoms with E-state index < -0.39 is 16.1 Å². The highest BCUT2D eigenvalue weighted by molar-refractivity contribution is 7.87. The Hall–Kier alpha value is -3.17. The number of amides is 1. The second-order valence-electron chi connectivity index (χ2n) is 11.5. The molecule has 4 atom stereocenters. The maximum atomic E-state index is 13.7. The van der Waals surface area contributed by atoms with Crippen molar-refractivity contribution in [3.05, 3.63) is 71.6 Å². The Balaban J connectivity index is 1.32. The van der Waals surface area contributed by atoms with Gasteiger partial charge in [-0.25, -0.2) is 0 Å². The minimum absolute atomic E-state index is 0.0315. The maximum Gasteiger partial charge on any atom is 0.339 e. The summed E-state index contributed by atoms with van der Waals surface area (Å²) in [5.74, 6) is 0.579. The van der Waals surface area contributed by atoms with Gasteiger partial charge in [0.25, 0.3) is 5.91 Å². The molecular weight excluding hydrogens is 546 g/mol. The van der Waals surface area contributed by atoms with Gasteiger partial charge in [-0.2, -0.15) is 8.42 Å². The van der Waals surface area contributed by atoms with Gasteiger partial charge in [-0.1, -0.05) is 44.2 Å². The SMILES string of the molecule is CC1(C)[C@@H]2C[C@@H](C/C=C\CCCC(=O)O)C(NC(=O)c3csc4ccc(OS(=O)(=O)c5ccccc5)cc34)[C@H]1C2. The largest absolute Gasteiger partial charge is 0.481 e. The molecule has 0 aliphatic heterocycles. The molecule has 3 aliphatic carbocycles. The zero-order valence-corrected chi connectivity index (χ0v) is 24.3. The van der Waals surface area contributed by atoms with E-state index in [0.717, 1.165) is 30.4 Å². The fourth-order valence-corrected chi connectivity index (χ4v) is 8.22. The zero-order chi connectivity index (χ0) is 28.5. The monoisotopic (exact) mass is 581 g/mol. The Bertz CT molecular complexity index is 1530. The van der Waals surface area contributed by atoms with Crippen LogP contribution in [-0.2, 0) is 14.9 Å². The number of nitrogens with one attached hydrogen (secondary N) is 1. The molecule has 3 aliphatic rings. The number of carbonyl (C=O) groups excluding carboxylic acids is 1. The van der Waals surface area contributed by atoms with Crippen LogP contribution in [0.3, 0.4) is 0 Å². The van der Waals surface area contributed by atoms with Crippen molar-refractivity contribution in [2.24, 2.45) is 23.2 Å². The van der Waals surface area contributed by atoms with Gasteiger partial charge in [-0.05, 0) is 85.6 Å². The summed E-state index contributed by atoms with van der Waals surface area (Å²) in [6.07, 6.45) is 8.73. The smallest absolute Gasteiger partial charge is 0.339 e. The lowest BCUT2D eigenvalue weighted by molar-refractivity contribution is -0.137. The highest BCUT2D eigenvalue weighted by Gasteiger charge is 2.57. The second kappa shape index (κ2) is 11.4. The number of allylic oxidation sites excluding steroid dienone is 2. The van der Waals surface area contributed by atoms with Crippen molar-refractivity contribution in [1.29, 1.82) is 0 Å². The van der Waals surface area contributed by atoms with Crippen LogP contribution >= 0.6 is 11.3 Å². The molecule has 0 radical (unpaired) electrons. The maximum absolute atomic E-state index is 13.7. The van der Waals surface area contributed by atoms with Crippen molar-refractivity contribution in [3.8, 4) is 5.75 Å². The van der Waals surface area contributed by atoms with E-state index in [-0.39, 0.29) is 34.4 Å². The van der Waals surface area contributed by atoms with Crippen LogP contribution in [0.4, 0.5) is 0 Å². The van der Waals surface area contributed by atoms with Crippen molar-refractivity contribution in [3.63, 3.8) is 0 Å². The van der Waals surface area contributed by atoms with Crippen LogP contribution in [0.1, 0.15) is 62.7 Å².